The van der Waals surface area contributed by atoms with Gasteiger partial charge < -0.3 is 14.6 Å². The minimum Gasteiger partial charge on any atom is -0.451 e. The molecule has 5 nitrogen and oxygen atoms in total. The molecule has 2 atom stereocenters. The summed E-state index contributed by atoms with van der Waals surface area (Å²) in [4.78, 5) is 28.6. The van der Waals surface area contributed by atoms with Crippen LogP contribution in [0.3, 0.4) is 0 Å². The van der Waals surface area contributed by atoms with E-state index >= 15 is 0 Å². The number of nitrogens with zero attached hydrogens (tertiary/aromatic N) is 1. The van der Waals surface area contributed by atoms with Crippen LogP contribution in [0.25, 0.3) is 0 Å². The molecule has 0 radical (unpaired) electrons. The lowest BCUT2D eigenvalue weighted by atomic mass is 9.97. The quantitative estimate of drug-likeness (QED) is 0.859. The number of esters is 1. The number of carbonyl (C=O) groups excluding carboxylic acids is 2. The number of hydrogen-bond donors (Lipinski definition) is 1. The summed E-state index contributed by atoms with van der Waals surface area (Å²) in [5.74, 6) is -0.634. The molecule has 1 aliphatic rings. The minimum absolute atomic E-state index is 0.122. The summed E-state index contributed by atoms with van der Waals surface area (Å²) in [7, 11) is 0. The van der Waals surface area contributed by atoms with Crippen LogP contribution in [0.5, 0.6) is 0 Å². The van der Waals surface area contributed by atoms with Crippen LogP contribution in [0.1, 0.15) is 43.6 Å². The van der Waals surface area contributed by atoms with E-state index in [1.165, 1.54) is 0 Å². The second kappa shape index (κ2) is 6.43. The lowest BCUT2D eigenvalue weighted by Crippen LogP contribution is -2.49. The molecule has 0 bridgehead atoms. The van der Waals surface area contributed by atoms with Gasteiger partial charge in [0.05, 0.1) is 0 Å². The number of piperidine rings is 1. The van der Waals surface area contributed by atoms with E-state index in [0.29, 0.717) is 5.69 Å². The van der Waals surface area contributed by atoms with Crippen molar-refractivity contribution in [3.63, 3.8) is 0 Å². The summed E-state index contributed by atoms with van der Waals surface area (Å²) in [6.45, 7) is 3.87. The summed E-state index contributed by atoms with van der Waals surface area (Å²) in [6, 6.07) is 2.05. The molecule has 110 valence electrons. The van der Waals surface area contributed by atoms with E-state index in [0.717, 1.165) is 23.7 Å². The van der Waals surface area contributed by atoms with Crippen LogP contribution in [0, 0.1) is 0 Å². The summed E-state index contributed by atoms with van der Waals surface area (Å²) in [5, 5.41) is 0. The molecule has 1 aromatic heterocycles. The number of nitrogens with one attached hydrogen (secondary N) is 1. The molecule has 1 N–H and O–H groups in total. The normalized spacial score (nSPS) is 22.6. The van der Waals surface area contributed by atoms with E-state index in [4.69, 9.17) is 4.74 Å². The van der Waals surface area contributed by atoms with Crippen LogP contribution in [0.2, 0.25) is 0 Å². The van der Waals surface area contributed by atoms with Crippen molar-refractivity contribution in [1.29, 1.82) is 0 Å². The molecular weight excluding hydrogens is 324 g/mol. The highest BCUT2D eigenvalue weighted by molar-refractivity contribution is 9.10. The first kappa shape index (κ1) is 15.1. The summed E-state index contributed by atoms with van der Waals surface area (Å²) in [5.41, 5.74) is 0.337. The van der Waals surface area contributed by atoms with Gasteiger partial charge in [0.2, 0.25) is 0 Å². The van der Waals surface area contributed by atoms with Crippen molar-refractivity contribution in [3.05, 3.63) is 22.4 Å². The minimum atomic E-state index is -0.513. The van der Waals surface area contributed by atoms with E-state index in [1.54, 1.807) is 12.3 Å². The van der Waals surface area contributed by atoms with Crippen molar-refractivity contribution in [2.75, 3.05) is 6.61 Å². The monoisotopic (exact) mass is 342 g/mol. The number of halogens is 1. The van der Waals surface area contributed by atoms with Gasteiger partial charge in [-0.2, -0.15) is 0 Å². The molecule has 2 heterocycles. The van der Waals surface area contributed by atoms with Gasteiger partial charge in [-0.15, -0.1) is 0 Å². The molecule has 1 saturated heterocycles. The molecule has 1 fully saturated rings. The van der Waals surface area contributed by atoms with Crippen LogP contribution in [0.15, 0.2) is 16.7 Å². The highest BCUT2D eigenvalue weighted by Gasteiger charge is 2.29. The molecule has 0 saturated carbocycles. The van der Waals surface area contributed by atoms with Crippen molar-refractivity contribution in [2.45, 2.75) is 45.2 Å². The van der Waals surface area contributed by atoms with Crippen LogP contribution in [0.4, 0.5) is 0 Å². The second-order valence-electron chi connectivity index (χ2n) is 5.24. The Balaban J connectivity index is 1.90. The average molecular weight is 343 g/mol. The fourth-order valence-corrected chi connectivity index (χ4v) is 3.02. The zero-order chi connectivity index (χ0) is 14.7. The van der Waals surface area contributed by atoms with E-state index in [-0.39, 0.29) is 24.6 Å². The van der Waals surface area contributed by atoms with Crippen LogP contribution < -0.4 is 0 Å². The Morgan fingerprint density at radius 3 is 2.60 bits per heavy atom. The van der Waals surface area contributed by atoms with Gasteiger partial charge in [0.25, 0.3) is 5.91 Å². The number of ether oxygens (including phenoxy) is 1. The number of likely N-dealkylation sites (tertiary alicyclic amines) is 1. The highest BCUT2D eigenvalue weighted by Crippen LogP contribution is 2.22. The topological polar surface area (TPSA) is 62.4 Å². The Hall–Kier alpha value is -1.30. The van der Waals surface area contributed by atoms with Gasteiger partial charge in [-0.25, -0.2) is 4.79 Å². The van der Waals surface area contributed by atoms with E-state index in [9.17, 15) is 9.59 Å². The van der Waals surface area contributed by atoms with Gasteiger partial charge in [-0.3, -0.25) is 4.79 Å². The Bertz CT molecular complexity index is 490. The lowest BCUT2D eigenvalue weighted by molar-refractivity contribution is -0.140. The number of carbonyl (C=O) groups is 2. The van der Waals surface area contributed by atoms with Crippen LogP contribution in [-0.4, -0.2) is 40.5 Å². The number of aromatic amines is 1. The van der Waals surface area contributed by atoms with Gasteiger partial charge >= 0.3 is 5.97 Å². The Labute approximate surface area is 126 Å². The number of H-pyrrole nitrogens is 1. The second-order valence-corrected chi connectivity index (χ2v) is 6.15. The zero-order valence-electron chi connectivity index (χ0n) is 11.7. The summed E-state index contributed by atoms with van der Waals surface area (Å²) < 4.78 is 5.84. The van der Waals surface area contributed by atoms with Crippen LogP contribution in [-0.2, 0) is 9.53 Å². The van der Waals surface area contributed by atoms with Crippen molar-refractivity contribution >= 4 is 27.8 Å². The predicted octanol–water partition coefficient (Wildman–Crippen LogP) is 2.72. The molecule has 6 heteroatoms. The average Bonchev–Trinajstić information content (AvgIpc) is 2.82. The fraction of sp³-hybridized carbons (Fsp3) is 0.571. The molecular formula is C14H19BrN2O3. The van der Waals surface area contributed by atoms with E-state index < -0.39 is 5.97 Å². The third-order valence-corrected chi connectivity index (χ3v) is 4.13. The molecule has 0 spiro atoms. The maximum absolute atomic E-state index is 12.2. The number of aromatic nitrogens is 1. The summed E-state index contributed by atoms with van der Waals surface area (Å²) in [6.07, 6.45) is 4.80. The van der Waals surface area contributed by atoms with Gasteiger partial charge in [0.1, 0.15) is 5.69 Å². The molecule has 20 heavy (non-hydrogen) atoms. The van der Waals surface area contributed by atoms with E-state index in [1.807, 2.05) is 18.7 Å². The zero-order valence-corrected chi connectivity index (χ0v) is 13.3. The predicted molar refractivity (Wildman–Crippen MR) is 78.4 cm³/mol. The molecule has 0 aliphatic carbocycles. The smallest absolute Gasteiger partial charge is 0.355 e. The van der Waals surface area contributed by atoms with Gasteiger partial charge in [0, 0.05) is 22.8 Å². The molecule has 2 rings (SSSR count). The Kier molecular flexibility index (Phi) is 4.86. The van der Waals surface area contributed by atoms with Crippen molar-refractivity contribution in [3.8, 4) is 0 Å². The van der Waals surface area contributed by atoms with Crippen molar-refractivity contribution in [1.82, 2.24) is 9.88 Å². The number of rotatable bonds is 3. The SMILES string of the molecule is C[C@@H]1CCC[C@H](C)N1C(=O)COC(=O)c1cc(Br)c[nH]1. The molecule has 0 unspecified atom stereocenters. The van der Waals surface area contributed by atoms with Crippen molar-refractivity contribution < 1.29 is 14.3 Å². The lowest BCUT2D eigenvalue weighted by Gasteiger charge is -2.38. The first-order valence-electron chi connectivity index (χ1n) is 6.81. The largest absolute Gasteiger partial charge is 0.451 e. The maximum atomic E-state index is 12.2. The third kappa shape index (κ3) is 3.42. The summed E-state index contributed by atoms with van der Waals surface area (Å²) >= 11 is 3.24. The van der Waals surface area contributed by atoms with Crippen LogP contribution >= 0.6 is 15.9 Å². The molecule has 1 amide bonds. The molecule has 0 aromatic carbocycles. The van der Waals surface area contributed by atoms with Gasteiger partial charge in [0.15, 0.2) is 6.61 Å². The molecule has 1 aliphatic heterocycles. The third-order valence-electron chi connectivity index (χ3n) is 3.68. The van der Waals surface area contributed by atoms with Crippen molar-refractivity contribution in [2.24, 2.45) is 0 Å². The fourth-order valence-electron chi connectivity index (χ4n) is 2.68. The van der Waals surface area contributed by atoms with E-state index in [2.05, 4.69) is 20.9 Å². The number of amides is 1. The van der Waals surface area contributed by atoms with Gasteiger partial charge in [-0.05, 0) is 55.1 Å². The molecule has 1 aromatic rings. The maximum Gasteiger partial charge on any atom is 0.355 e. The standard InChI is InChI=1S/C14H19BrN2O3/c1-9-4-3-5-10(2)17(9)13(18)8-20-14(19)12-6-11(15)7-16-12/h6-7,9-10,16H,3-5,8H2,1-2H3/t9-,10+. The van der Waals surface area contributed by atoms with Gasteiger partial charge in [-0.1, -0.05) is 0 Å². The first-order chi connectivity index (χ1) is 9.49. The Morgan fingerprint density at radius 2 is 2.05 bits per heavy atom. The number of hydrogen-bond acceptors (Lipinski definition) is 3. The highest BCUT2D eigenvalue weighted by atomic mass is 79.9. The first-order valence-corrected chi connectivity index (χ1v) is 7.60. The Morgan fingerprint density at radius 1 is 1.40 bits per heavy atom.